The predicted molar refractivity (Wildman–Crippen MR) is 24.4 cm³/mol. The molecule has 0 aliphatic carbocycles. The standard InChI is InChI=1S/C5H9O/c1-2-4-6-5-3-1/h1H,2-5H2/q+1. The normalized spacial score (nSPS) is 22.7. The number of rotatable bonds is 0. The molecule has 0 bridgehead atoms. The molecule has 1 aliphatic rings. The van der Waals surface area contributed by atoms with Crippen LogP contribution < -0.4 is 0 Å². The number of hydrogen-bond acceptors (Lipinski definition) is 1. The van der Waals surface area contributed by atoms with Gasteiger partial charge in [0.2, 0.25) is 0 Å². The molecule has 1 heterocycles. The van der Waals surface area contributed by atoms with Crippen molar-refractivity contribution in [1.82, 2.24) is 0 Å². The minimum Gasteiger partial charge on any atom is -0.373 e. The van der Waals surface area contributed by atoms with Crippen molar-refractivity contribution in [2.24, 2.45) is 0 Å². The van der Waals surface area contributed by atoms with E-state index in [0.717, 1.165) is 26.1 Å². The fraction of sp³-hybridized carbons (Fsp3) is 0.800. The van der Waals surface area contributed by atoms with Crippen molar-refractivity contribution >= 4 is 0 Å². The first kappa shape index (κ1) is 4.00. The summed E-state index contributed by atoms with van der Waals surface area (Å²) in [6.45, 7) is 1.89. The van der Waals surface area contributed by atoms with Gasteiger partial charge in [0.25, 0.3) is 0 Å². The quantitative estimate of drug-likeness (QED) is 0.399. The summed E-state index contributed by atoms with van der Waals surface area (Å²) in [5.74, 6) is 0. The first-order valence-electron chi connectivity index (χ1n) is 2.39. The Morgan fingerprint density at radius 3 is 2.00 bits per heavy atom. The third-order valence-electron chi connectivity index (χ3n) is 0.933. The molecule has 0 atom stereocenters. The first-order chi connectivity index (χ1) is 3.00. The van der Waals surface area contributed by atoms with Crippen LogP contribution in [0.15, 0.2) is 0 Å². The maximum Gasteiger partial charge on any atom is 0.111 e. The van der Waals surface area contributed by atoms with Gasteiger partial charge in [0.15, 0.2) is 0 Å². The second-order valence-electron chi connectivity index (χ2n) is 1.48. The second-order valence-corrected chi connectivity index (χ2v) is 1.48. The average Bonchev–Trinajstić information content (AvgIpc) is 1.72. The number of hydrogen-bond donors (Lipinski definition) is 0. The molecule has 0 aromatic rings. The van der Waals surface area contributed by atoms with Crippen molar-refractivity contribution < 1.29 is 4.74 Å². The summed E-state index contributed by atoms with van der Waals surface area (Å²) in [6, 6.07) is 0. The third kappa shape index (κ3) is 0.902. The van der Waals surface area contributed by atoms with Gasteiger partial charge in [0.05, 0.1) is 19.6 Å². The minimum absolute atomic E-state index is 0.944. The highest BCUT2D eigenvalue weighted by Gasteiger charge is 2.04. The molecule has 1 heteroatoms. The summed E-state index contributed by atoms with van der Waals surface area (Å²) in [7, 11) is 0. The summed E-state index contributed by atoms with van der Waals surface area (Å²) in [6.07, 6.45) is 4.57. The van der Waals surface area contributed by atoms with E-state index in [0.29, 0.717) is 0 Å². The zero-order chi connectivity index (χ0) is 4.24. The molecule has 1 fully saturated rings. The van der Waals surface area contributed by atoms with Gasteiger partial charge in [-0.2, -0.15) is 0 Å². The summed E-state index contributed by atoms with van der Waals surface area (Å²) in [4.78, 5) is 0. The zero-order valence-corrected chi connectivity index (χ0v) is 3.81. The van der Waals surface area contributed by atoms with Crippen LogP contribution in [0, 0.1) is 6.42 Å². The van der Waals surface area contributed by atoms with E-state index < -0.39 is 0 Å². The Balaban J connectivity index is 2.00. The molecule has 0 radical (unpaired) electrons. The molecule has 0 N–H and O–H groups in total. The highest BCUT2D eigenvalue weighted by Crippen LogP contribution is 2.00. The Morgan fingerprint density at radius 2 is 1.83 bits per heavy atom. The van der Waals surface area contributed by atoms with E-state index in [4.69, 9.17) is 4.74 Å². The lowest BCUT2D eigenvalue weighted by atomic mass is 10.2. The van der Waals surface area contributed by atoms with Crippen LogP contribution in [-0.2, 0) is 4.74 Å². The summed E-state index contributed by atoms with van der Waals surface area (Å²) in [5.41, 5.74) is 0. The van der Waals surface area contributed by atoms with Gasteiger partial charge in [0, 0.05) is 0 Å². The van der Waals surface area contributed by atoms with E-state index in [1.165, 1.54) is 0 Å². The molecule has 0 aromatic heterocycles. The zero-order valence-electron chi connectivity index (χ0n) is 3.81. The largest absolute Gasteiger partial charge is 0.373 e. The monoisotopic (exact) mass is 85.1 g/mol. The Morgan fingerprint density at radius 1 is 1.17 bits per heavy atom. The van der Waals surface area contributed by atoms with Gasteiger partial charge in [-0.3, -0.25) is 0 Å². The van der Waals surface area contributed by atoms with Crippen LogP contribution in [0.2, 0.25) is 0 Å². The molecule has 6 heavy (non-hydrogen) atoms. The van der Waals surface area contributed by atoms with Gasteiger partial charge in [-0.25, -0.2) is 0 Å². The number of ether oxygens (including phenoxy) is 1. The van der Waals surface area contributed by atoms with Crippen molar-refractivity contribution in [3.05, 3.63) is 6.42 Å². The van der Waals surface area contributed by atoms with Crippen molar-refractivity contribution in [1.29, 1.82) is 0 Å². The van der Waals surface area contributed by atoms with Crippen molar-refractivity contribution in [3.63, 3.8) is 0 Å². The Labute approximate surface area is 38.3 Å². The molecule has 1 aliphatic heterocycles. The van der Waals surface area contributed by atoms with E-state index in [1.54, 1.807) is 0 Å². The van der Waals surface area contributed by atoms with Gasteiger partial charge in [-0.05, 0) is 0 Å². The molecule has 1 nitrogen and oxygen atoms in total. The van der Waals surface area contributed by atoms with E-state index >= 15 is 0 Å². The molecule has 0 unspecified atom stereocenters. The van der Waals surface area contributed by atoms with Crippen LogP contribution in [0.25, 0.3) is 0 Å². The van der Waals surface area contributed by atoms with Gasteiger partial charge < -0.3 is 4.74 Å². The SMILES string of the molecule is [CH+]1CCOCC1. The minimum atomic E-state index is 0.944. The Bertz CT molecular complexity index is 19.4. The van der Waals surface area contributed by atoms with Gasteiger partial charge >= 0.3 is 0 Å². The fourth-order valence-corrected chi connectivity index (χ4v) is 0.580. The topological polar surface area (TPSA) is 9.23 Å². The highest BCUT2D eigenvalue weighted by atomic mass is 16.5. The van der Waals surface area contributed by atoms with Gasteiger partial charge in [0.1, 0.15) is 12.8 Å². The maximum atomic E-state index is 5.04. The summed E-state index contributed by atoms with van der Waals surface area (Å²) >= 11 is 0. The molecule has 0 saturated carbocycles. The Hall–Kier alpha value is -0.170. The fourth-order valence-electron chi connectivity index (χ4n) is 0.580. The molecule has 0 amide bonds. The molecule has 0 spiro atoms. The van der Waals surface area contributed by atoms with Crippen molar-refractivity contribution in [3.8, 4) is 0 Å². The predicted octanol–water partition coefficient (Wildman–Crippen LogP) is 1.00. The lowest BCUT2D eigenvalue weighted by Crippen LogP contribution is -2.03. The van der Waals surface area contributed by atoms with Gasteiger partial charge in [-0.15, -0.1) is 0 Å². The van der Waals surface area contributed by atoms with E-state index in [2.05, 4.69) is 6.42 Å². The summed E-state index contributed by atoms with van der Waals surface area (Å²) in [5, 5.41) is 0. The van der Waals surface area contributed by atoms with E-state index in [9.17, 15) is 0 Å². The van der Waals surface area contributed by atoms with Crippen LogP contribution in [0.5, 0.6) is 0 Å². The van der Waals surface area contributed by atoms with Crippen LogP contribution in [0.4, 0.5) is 0 Å². The molecular formula is C5H9O+. The highest BCUT2D eigenvalue weighted by molar-refractivity contribution is 4.66. The summed E-state index contributed by atoms with van der Waals surface area (Å²) < 4.78 is 5.04. The molecule has 1 rings (SSSR count). The first-order valence-corrected chi connectivity index (χ1v) is 2.39. The lowest BCUT2D eigenvalue weighted by Gasteiger charge is -2.00. The van der Waals surface area contributed by atoms with Crippen LogP contribution in [0.3, 0.4) is 0 Å². The second kappa shape index (κ2) is 2.08. The molecule has 34 valence electrons. The molecule has 0 aromatic carbocycles. The van der Waals surface area contributed by atoms with Crippen molar-refractivity contribution in [2.75, 3.05) is 13.2 Å². The Kier molecular flexibility index (Phi) is 1.39. The van der Waals surface area contributed by atoms with Crippen LogP contribution in [-0.4, -0.2) is 13.2 Å². The van der Waals surface area contributed by atoms with E-state index in [-0.39, 0.29) is 0 Å². The molecule has 1 saturated heterocycles. The van der Waals surface area contributed by atoms with Gasteiger partial charge in [-0.1, -0.05) is 0 Å². The maximum absolute atomic E-state index is 5.04. The third-order valence-corrected chi connectivity index (χ3v) is 0.933. The van der Waals surface area contributed by atoms with Crippen LogP contribution >= 0.6 is 0 Å². The smallest absolute Gasteiger partial charge is 0.111 e. The van der Waals surface area contributed by atoms with Crippen molar-refractivity contribution in [2.45, 2.75) is 12.8 Å². The average molecular weight is 85.1 g/mol. The van der Waals surface area contributed by atoms with Crippen LogP contribution in [0.1, 0.15) is 12.8 Å². The molecular weight excluding hydrogens is 76.1 g/mol. The van der Waals surface area contributed by atoms with E-state index in [1.807, 2.05) is 0 Å². The lowest BCUT2D eigenvalue weighted by molar-refractivity contribution is 0.117.